The number of fused-ring (bicyclic) bond motifs is 2. The number of piperidine rings is 1. The molecule has 0 saturated carbocycles. The van der Waals surface area contributed by atoms with Crippen molar-refractivity contribution in [2.45, 2.75) is 37.7 Å². The fourth-order valence-electron chi connectivity index (χ4n) is 5.92. The first-order valence-electron chi connectivity index (χ1n) is 14.4. The third-order valence-electron chi connectivity index (χ3n) is 8.08. The zero-order chi connectivity index (χ0) is 30.8. The number of benzodiazepines with no additional fused rings is 1. The zero-order valence-corrected chi connectivity index (χ0v) is 23.7. The molecular formula is C32H30F3N5O4. The van der Waals surface area contributed by atoms with Gasteiger partial charge in [0.05, 0.1) is 11.4 Å². The Morgan fingerprint density at radius 2 is 1.59 bits per heavy atom. The van der Waals surface area contributed by atoms with Crippen molar-refractivity contribution >= 4 is 35.1 Å². The minimum atomic E-state index is -4.71. The molecule has 0 bridgehead atoms. The Hall–Kier alpha value is -4.87. The number of likely N-dealkylation sites (tertiary alicyclic amines) is 1. The van der Waals surface area contributed by atoms with Gasteiger partial charge >= 0.3 is 18.3 Å². The van der Waals surface area contributed by atoms with E-state index >= 15 is 0 Å². The van der Waals surface area contributed by atoms with Gasteiger partial charge < -0.3 is 19.9 Å². The van der Waals surface area contributed by atoms with Crippen LogP contribution >= 0.6 is 0 Å². The van der Waals surface area contributed by atoms with E-state index in [-0.39, 0.29) is 36.6 Å². The molecule has 1 fully saturated rings. The van der Waals surface area contributed by atoms with Crippen molar-refractivity contribution in [1.29, 1.82) is 0 Å². The average molecular weight is 606 g/mol. The number of hydrogen-bond donors (Lipinski definition) is 1. The van der Waals surface area contributed by atoms with Crippen molar-refractivity contribution in [2.24, 2.45) is 4.99 Å². The number of anilines is 2. The van der Waals surface area contributed by atoms with E-state index in [2.05, 4.69) is 10.3 Å². The molecule has 44 heavy (non-hydrogen) atoms. The molecule has 9 nitrogen and oxygen atoms in total. The molecule has 3 aliphatic rings. The number of alkyl halides is 3. The molecule has 1 atom stereocenters. The monoisotopic (exact) mass is 605 g/mol. The number of carbonyl (C=O) groups excluding carboxylic acids is 3. The highest BCUT2D eigenvalue weighted by atomic mass is 19.4. The van der Waals surface area contributed by atoms with Crippen LogP contribution in [0.15, 0.2) is 83.9 Å². The standard InChI is InChI=1S/C32H30F3N5O4/c33-32(34,35)20-40-26-13-7-5-11-24(26)27(22-9-2-1-3-10-22)37-28(29(40)41)44-31(43)38-17-15-23(16-18-38)39-19-14-21-8-4-6-12-25(21)36-30(39)42/h1-13,23,28H,14-20H2,(H,36,42). The third kappa shape index (κ3) is 6.10. The minimum absolute atomic E-state index is 0.0228. The van der Waals surface area contributed by atoms with Crippen LogP contribution in [-0.4, -0.2) is 78.2 Å². The van der Waals surface area contributed by atoms with Gasteiger partial charge in [0, 0.05) is 42.5 Å². The number of rotatable bonds is 4. The van der Waals surface area contributed by atoms with Crippen LogP contribution in [0, 0.1) is 0 Å². The Balaban J connectivity index is 1.20. The van der Waals surface area contributed by atoms with Gasteiger partial charge in [-0.3, -0.25) is 9.69 Å². The van der Waals surface area contributed by atoms with Gasteiger partial charge in [0.2, 0.25) is 0 Å². The number of amides is 4. The second kappa shape index (κ2) is 12.0. The molecule has 3 heterocycles. The van der Waals surface area contributed by atoms with Crippen molar-refractivity contribution in [2.75, 3.05) is 36.4 Å². The molecule has 1 saturated heterocycles. The molecule has 3 aromatic rings. The van der Waals surface area contributed by atoms with Gasteiger partial charge in [-0.1, -0.05) is 66.7 Å². The first-order chi connectivity index (χ1) is 21.2. The number of benzene rings is 3. The van der Waals surface area contributed by atoms with Crippen LogP contribution in [0.3, 0.4) is 0 Å². The Kier molecular flexibility index (Phi) is 7.98. The molecule has 0 aliphatic carbocycles. The van der Waals surface area contributed by atoms with E-state index in [0.29, 0.717) is 41.8 Å². The number of ether oxygens (including phenoxy) is 1. The van der Waals surface area contributed by atoms with E-state index in [9.17, 15) is 27.6 Å². The molecule has 0 aromatic heterocycles. The number of carbonyl (C=O) groups is 3. The number of nitrogens with zero attached hydrogens (tertiary/aromatic N) is 4. The highest BCUT2D eigenvalue weighted by Crippen LogP contribution is 2.32. The van der Waals surface area contributed by atoms with E-state index in [1.165, 1.54) is 17.0 Å². The highest BCUT2D eigenvalue weighted by molar-refractivity contribution is 6.20. The Bertz CT molecular complexity index is 1590. The largest absolute Gasteiger partial charge is 0.414 e. The summed E-state index contributed by atoms with van der Waals surface area (Å²) in [6.07, 6.45) is -5.76. The number of para-hydroxylation sites is 2. The smallest absolute Gasteiger partial charge is 0.412 e. The van der Waals surface area contributed by atoms with Crippen molar-refractivity contribution in [3.05, 3.63) is 95.6 Å². The van der Waals surface area contributed by atoms with Crippen molar-refractivity contribution in [1.82, 2.24) is 9.80 Å². The summed E-state index contributed by atoms with van der Waals surface area (Å²) >= 11 is 0. The van der Waals surface area contributed by atoms with Crippen molar-refractivity contribution in [3.63, 3.8) is 0 Å². The first-order valence-corrected chi connectivity index (χ1v) is 14.4. The molecule has 0 spiro atoms. The van der Waals surface area contributed by atoms with E-state index in [1.54, 1.807) is 47.4 Å². The third-order valence-corrected chi connectivity index (χ3v) is 8.08. The molecule has 12 heteroatoms. The molecule has 1 N–H and O–H groups in total. The average Bonchev–Trinajstić information content (AvgIpc) is 3.25. The molecule has 1 unspecified atom stereocenters. The first kappa shape index (κ1) is 29.2. The lowest BCUT2D eigenvalue weighted by Gasteiger charge is -2.37. The summed E-state index contributed by atoms with van der Waals surface area (Å²) in [4.78, 5) is 48.1. The van der Waals surface area contributed by atoms with Gasteiger partial charge in [-0.05, 0) is 37.0 Å². The van der Waals surface area contributed by atoms with Crippen molar-refractivity contribution in [3.8, 4) is 0 Å². The number of nitrogens with one attached hydrogen (secondary N) is 1. The van der Waals surface area contributed by atoms with Gasteiger partial charge in [0.1, 0.15) is 6.54 Å². The molecule has 4 amide bonds. The second-order valence-electron chi connectivity index (χ2n) is 10.9. The lowest BCUT2D eigenvalue weighted by Crippen LogP contribution is -2.51. The lowest BCUT2D eigenvalue weighted by molar-refractivity contribution is -0.137. The van der Waals surface area contributed by atoms with Crippen molar-refractivity contribution < 1.29 is 32.3 Å². The van der Waals surface area contributed by atoms with Crippen LogP contribution in [-0.2, 0) is 16.0 Å². The quantitative estimate of drug-likeness (QED) is 0.428. The van der Waals surface area contributed by atoms with E-state index in [4.69, 9.17) is 4.74 Å². The fourth-order valence-corrected chi connectivity index (χ4v) is 5.92. The van der Waals surface area contributed by atoms with Crippen LogP contribution in [0.4, 0.5) is 34.1 Å². The molecule has 228 valence electrons. The maximum Gasteiger partial charge on any atom is 0.412 e. The van der Waals surface area contributed by atoms with Gasteiger partial charge in [-0.2, -0.15) is 13.2 Å². The summed E-state index contributed by atoms with van der Waals surface area (Å²) < 4.78 is 46.6. The number of urea groups is 1. The Morgan fingerprint density at radius 3 is 2.34 bits per heavy atom. The summed E-state index contributed by atoms with van der Waals surface area (Å²) in [5.74, 6) is -1.09. The van der Waals surface area contributed by atoms with Crippen LogP contribution in [0.5, 0.6) is 0 Å². The molecule has 3 aliphatic heterocycles. The maximum atomic E-state index is 13.7. The number of aliphatic imine (C=N–C) groups is 1. The summed E-state index contributed by atoms with van der Waals surface area (Å²) in [5.41, 5.74) is 2.97. The number of hydrogen-bond acceptors (Lipinski definition) is 5. The predicted molar refractivity (Wildman–Crippen MR) is 158 cm³/mol. The number of halogens is 3. The second-order valence-corrected chi connectivity index (χ2v) is 10.9. The molecule has 3 aromatic carbocycles. The molecule has 0 radical (unpaired) electrons. The lowest BCUT2D eigenvalue weighted by atomic mass is 10.0. The molecule has 6 rings (SSSR count). The fraction of sp³-hybridized carbons (Fsp3) is 0.312. The van der Waals surface area contributed by atoms with Crippen LogP contribution < -0.4 is 10.2 Å². The zero-order valence-electron chi connectivity index (χ0n) is 23.7. The minimum Gasteiger partial charge on any atom is -0.414 e. The van der Waals surface area contributed by atoms with Crippen LogP contribution in [0.25, 0.3) is 0 Å². The maximum absolute atomic E-state index is 13.7. The highest BCUT2D eigenvalue weighted by Gasteiger charge is 2.41. The Labute approximate surface area is 251 Å². The van der Waals surface area contributed by atoms with E-state index in [1.807, 2.05) is 24.3 Å². The predicted octanol–water partition coefficient (Wildman–Crippen LogP) is 5.45. The van der Waals surface area contributed by atoms with Crippen LogP contribution in [0.2, 0.25) is 0 Å². The molecular weight excluding hydrogens is 575 g/mol. The van der Waals surface area contributed by atoms with Crippen LogP contribution in [0.1, 0.15) is 29.5 Å². The van der Waals surface area contributed by atoms with Gasteiger partial charge in [0.25, 0.3) is 12.1 Å². The van der Waals surface area contributed by atoms with Gasteiger partial charge in [-0.15, -0.1) is 0 Å². The summed E-state index contributed by atoms with van der Waals surface area (Å²) in [6.45, 7) is -0.561. The SMILES string of the molecule is O=C(OC1N=C(c2ccccc2)c2ccccc2N(CC(F)(F)F)C1=O)N1CCC(N2CCc3ccccc3NC2=O)CC1. The van der Waals surface area contributed by atoms with Gasteiger partial charge in [-0.25, -0.2) is 14.6 Å². The normalized spacial score (nSPS) is 19.3. The topological polar surface area (TPSA) is 94.6 Å². The van der Waals surface area contributed by atoms with Gasteiger partial charge in [0.15, 0.2) is 0 Å². The van der Waals surface area contributed by atoms with E-state index in [0.717, 1.165) is 11.3 Å². The summed E-state index contributed by atoms with van der Waals surface area (Å²) in [7, 11) is 0. The Morgan fingerprint density at radius 1 is 0.909 bits per heavy atom. The van der Waals surface area contributed by atoms with E-state index < -0.39 is 30.9 Å². The summed E-state index contributed by atoms with van der Waals surface area (Å²) in [6, 6.07) is 22.2. The summed E-state index contributed by atoms with van der Waals surface area (Å²) in [5, 5.41) is 2.96.